The van der Waals surface area contributed by atoms with Crippen molar-refractivity contribution < 1.29 is 9.59 Å². The van der Waals surface area contributed by atoms with Gasteiger partial charge in [-0.25, -0.2) is 4.79 Å². The van der Waals surface area contributed by atoms with Gasteiger partial charge in [-0.05, 0) is 70.1 Å². The highest BCUT2D eigenvalue weighted by atomic mass is 16.2. The Balaban J connectivity index is 1.85. The van der Waals surface area contributed by atoms with E-state index < -0.39 is 5.92 Å². The Hall–Kier alpha value is -3.41. The summed E-state index contributed by atoms with van der Waals surface area (Å²) in [7, 11) is 0. The summed E-state index contributed by atoms with van der Waals surface area (Å²) in [5.41, 5.74) is 3.09. The van der Waals surface area contributed by atoms with E-state index in [1.54, 1.807) is 12.4 Å². The quantitative estimate of drug-likeness (QED) is 0.472. The van der Waals surface area contributed by atoms with Crippen LogP contribution in [0.1, 0.15) is 56.7 Å². The second kappa shape index (κ2) is 13.1. The predicted octanol–water partition coefficient (Wildman–Crippen LogP) is 5.37. The first-order chi connectivity index (χ1) is 17.3. The third kappa shape index (κ3) is 7.30. The molecule has 3 rings (SSSR count). The lowest BCUT2D eigenvalue weighted by Gasteiger charge is -2.39. The number of allylic oxidation sites excluding steroid dienone is 4. The van der Waals surface area contributed by atoms with Crippen LogP contribution in [0.5, 0.6) is 0 Å². The van der Waals surface area contributed by atoms with E-state index in [0.29, 0.717) is 13.1 Å². The summed E-state index contributed by atoms with van der Waals surface area (Å²) >= 11 is 0. The number of nitrogens with zero attached hydrogens (tertiary/aromatic N) is 2. The summed E-state index contributed by atoms with van der Waals surface area (Å²) in [6.45, 7) is 11.1. The van der Waals surface area contributed by atoms with Crippen molar-refractivity contribution >= 4 is 11.9 Å². The van der Waals surface area contributed by atoms with Crippen LogP contribution in [0.25, 0.3) is 0 Å². The molecule has 0 radical (unpaired) electrons. The first-order valence-electron chi connectivity index (χ1n) is 12.9. The maximum Gasteiger partial charge on any atom is 0.315 e. The molecule has 6 heteroatoms. The van der Waals surface area contributed by atoms with Crippen LogP contribution in [0.3, 0.4) is 0 Å². The Morgan fingerprint density at radius 3 is 2.44 bits per heavy atom. The van der Waals surface area contributed by atoms with Crippen LogP contribution in [-0.4, -0.2) is 40.5 Å². The standard InChI is InChI=1S/C30H40N4O2/c1-21(2)34(22(3)4)29(35)28(26-15-10-16-31-19-26)27(25-13-7-6-8-14-25)20-33-30(36)32-18-24-12-9-11-23(5)17-24/h6-13,15-17,19,21-22,25,27-28H,14,18,20H2,1-5H3,(H2,32,33,36). The SMILES string of the molecule is Cc1cccc(CNC(=O)NCC(C2C=CC=CC2)C(C(=O)N(C(C)C)C(C)C)c2cccnc2)c1. The first-order valence-corrected chi connectivity index (χ1v) is 12.9. The number of pyridine rings is 1. The molecule has 1 aromatic carbocycles. The number of carbonyl (C=O) groups excluding carboxylic acids is 2. The molecule has 192 valence electrons. The Bertz CT molecular complexity index is 1050. The monoisotopic (exact) mass is 488 g/mol. The van der Waals surface area contributed by atoms with Crippen molar-refractivity contribution in [2.75, 3.05) is 6.54 Å². The number of hydrogen-bond acceptors (Lipinski definition) is 3. The molecule has 0 saturated carbocycles. The van der Waals surface area contributed by atoms with Gasteiger partial charge in [0.25, 0.3) is 0 Å². The molecule has 2 N–H and O–H groups in total. The smallest absolute Gasteiger partial charge is 0.315 e. The van der Waals surface area contributed by atoms with Gasteiger partial charge in [0.05, 0.1) is 5.92 Å². The van der Waals surface area contributed by atoms with Crippen LogP contribution in [0.4, 0.5) is 4.79 Å². The summed E-state index contributed by atoms with van der Waals surface area (Å²) < 4.78 is 0. The summed E-state index contributed by atoms with van der Waals surface area (Å²) in [5.74, 6) is -0.375. The van der Waals surface area contributed by atoms with Crippen molar-refractivity contribution in [3.8, 4) is 0 Å². The zero-order valence-corrected chi connectivity index (χ0v) is 22.1. The van der Waals surface area contributed by atoms with E-state index in [-0.39, 0.29) is 35.9 Å². The molecule has 3 unspecified atom stereocenters. The Labute approximate surface area is 215 Å². The third-order valence-corrected chi connectivity index (χ3v) is 6.70. The van der Waals surface area contributed by atoms with E-state index in [9.17, 15) is 9.59 Å². The third-order valence-electron chi connectivity index (χ3n) is 6.70. The van der Waals surface area contributed by atoms with E-state index in [1.165, 1.54) is 0 Å². The van der Waals surface area contributed by atoms with Gasteiger partial charge in [-0.15, -0.1) is 0 Å². The molecule has 0 fully saturated rings. The average Bonchev–Trinajstić information content (AvgIpc) is 2.86. The normalized spacial score (nSPS) is 16.6. The van der Waals surface area contributed by atoms with Crippen molar-refractivity contribution in [3.05, 3.63) is 89.8 Å². The minimum Gasteiger partial charge on any atom is -0.338 e. The lowest BCUT2D eigenvalue weighted by molar-refractivity contribution is -0.138. The van der Waals surface area contributed by atoms with Gasteiger partial charge in [0, 0.05) is 37.6 Å². The van der Waals surface area contributed by atoms with Crippen LogP contribution in [-0.2, 0) is 11.3 Å². The molecule has 1 heterocycles. The Morgan fingerprint density at radius 2 is 1.83 bits per heavy atom. The number of benzene rings is 1. The molecular formula is C30H40N4O2. The van der Waals surface area contributed by atoms with Crippen LogP contribution in [0.15, 0.2) is 73.1 Å². The van der Waals surface area contributed by atoms with E-state index in [2.05, 4.69) is 33.8 Å². The first kappa shape index (κ1) is 27.2. The highest BCUT2D eigenvalue weighted by Gasteiger charge is 2.38. The second-order valence-electron chi connectivity index (χ2n) is 10.1. The van der Waals surface area contributed by atoms with Gasteiger partial charge in [-0.2, -0.15) is 0 Å². The fraction of sp³-hybridized carbons (Fsp3) is 0.433. The molecule has 0 bridgehead atoms. The topological polar surface area (TPSA) is 74.3 Å². The highest BCUT2D eigenvalue weighted by Crippen LogP contribution is 2.36. The van der Waals surface area contributed by atoms with Gasteiger partial charge in [0.2, 0.25) is 5.91 Å². The summed E-state index contributed by atoms with van der Waals surface area (Å²) in [6, 6.07) is 11.8. The van der Waals surface area contributed by atoms with Gasteiger partial charge in [0.15, 0.2) is 0 Å². The van der Waals surface area contributed by atoms with Gasteiger partial charge >= 0.3 is 6.03 Å². The molecule has 0 saturated heterocycles. The summed E-state index contributed by atoms with van der Waals surface area (Å²) in [4.78, 5) is 33.2. The minimum atomic E-state index is -0.429. The highest BCUT2D eigenvalue weighted by molar-refractivity contribution is 5.85. The molecule has 1 aromatic heterocycles. The number of aryl methyl sites for hydroxylation is 1. The van der Waals surface area contributed by atoms with Crippen molar-refractivity contribution in [1.29, 1.82) is 0 Å². The molecule has 3 amide bonds. The van der Waals surface area contributed by atoms with Gasteiger partial charge < -0.3 is 15.5 Å². The van der Waals surface area contributed by atoms with Crippen LogP contribution in [0, 0.1) is 18.8 Å². The van der Waals surface area contributed by atoms with Crippen LogP contribution >= 0.6 is 0 Å². The lowest BCUT2D eigenvalue weighted by Crippen LogP contribution is -2.49. The molecule has 36 heavy (non-hydrogen) atoms. The Kier molecular flexibility index (Phi) is 9.86. The van der Waals surface area contributed by atoms with Crippen LogP contribution < -0.4 is 10.6 Å². The molecule has 6 nitrogen and oxygen atoms in total. The fourth-order valence-electron chi connectivity index (χ4n) is 5.11. The number of urea groups is 1. The zero-order chi connectivity index (χ0) is 26.1. The molecule has 1 aliphatic rings. The number of hydrogen-bond donors (Lipinski definition) is 2. The molecule has 0 spiro atoms. The minimum absolute atomic E-state index is 0.0599. The van der Waals surface area contributed by atoms with Crippen molar-refractivity contribution in [2.45, 2.75) is 65.6 Å². The number of rotatable bonds is 10. The number of nitrogens with one attached hydrogen (secondary N) is 2. The Morgan fingerprint density at radius 1 is 1.06 bits per heavy atom. The predicted molar refractivity (Wildman–Crippen MR) is 145 cm³/mol. The molecule has 1 aliphatic carbocycles. The van der Waals surface area contributed by atoms with Gasteiger partial charge in [-0.1, -0.05) is 60.2 Å². The average molecular weight is 489 g/mol. The number of aromatic nitrogens is 1. The van der Waals surface area contributed by atoms with E-state index in [1.807, 2.05) is 82.0 Å². The van der Waals surface area contributed by atoms with E-state index in [0.717, 1.165) is 23.1 Å². The molecule has 0 aliphatic heterocycles. The van der Waals surface area contributed by atoms with E-state index in [4.69, 9.17) is 0 Å². The largest absolute Gasteiger partial charge is 0.338 e. The molecular weight excluding hydrogens is 448 g/mol. The summed E-state index contributed by atoms with van der Waals surface area (Å²) in [6.07, 6.45) is 12.7. The lowest BCUT2D eigenvalue weighted by atomic mass is 9.74. The number of amides is 3. The number of carbonyl (C=O) groups is 2. The van der Waals surface area contributed by atoms with Crippen molar-refractivity contribution in [1.82, 2.24) is 20.5 Å². The van der Waals surface area contributed by atoms with Gasteiger partial charge in [0.1, 0.15) is 0 Å². The maximum atomic E-state index is 14.1. The van der Waals surface area contributed by atoms with Crippen molar-refractivity contribution in [3.63, 3.8) is 0 Å². The van der Waals surface area contributed by atoms with E-state index >= 15 is 0 Å². The second-order valence-corrected chi connectivity index (χ2v) is 10.1. The fourth-order valence-corrected chi connectivity index (χ4v) is 5.11. The molecule has 3 atom stereocenters. The van der Waals surface area contributed by atoms with Crippen LogP contribution in [0.2, 0.25) is 0 Å². The molecule has 2 aromatic rings. The van der Waals surface area contributed by atoms with Crippen molar-refractivity contribution in [2.24, 2.45) is 11.8 Å². The summed E-state index contributed by atoms with van der Waals surface area (Å²) in [5, 5.41) is 6.03. The zero-order valence-electron chi connectivity index (χ0n) is 22.1. The van der Waals surface area contributed by atoms with Gasteiger partial charge in [-0.3, -0.25) is 9.78 Å². The maximum absolute atomic E-state index is 14.1.